The van der Waals surface area contributed by atoms with E-state index >= 15 is 0 Å². The van der Waals surface area contributed by atoms with Gasteiger partial charge < -0.3 is 4.74 Å². The number of ether oxygens (including phenoxy) is 1. The molecule has 4 nitrogen and oxygen atoms in total. The Labute approximate surface area is 160 Å². The molecule has 0 amide bonds. The van der Waals surface area contributed by atoms with Gasteiger partial charge in [0.2, 0.25) is 0 Å². The molecule has 5 rings (SSSR count). The first-order valence-electron chi connectivity index (χ1n) is 10.3. The van der Waals surface area contributed by atoms with Crippen molar-refractivity contribution in [3.63, 3.8) is 0 Å². The SMILES string of the molecule is Fc1ccccc1CN1C[C@H]2C[C@H](OCC3CC3)[C@@H](n3cccn3)C[C@H]2C1. The highest BCUT2D eigenvalue weighted by atomic mass is 19.1. The summed E-state index contributed by atoms with van der Waals surface area (Å²) in [5.74, 6) is 1.98. The summed E-state index contributed by atoms with van der Waals surface area (Å²) in [6.45, 7) is 3.71. The molecule has 4 atom stereocenters. The highest BCUT2D eigenvalue weighted by Gasteiger charge is 2.44. The minimum Gasteiger partial charge on any atom is -0.376 e. The van der Waals surface area contributed by atoms with Gasteiger partial charge in [0.25, 0.3) is 0 Å². The van der Waals surface area contributed by atoms with Crippen LogP contribution in [-0.2, 0) is 11.3 Å². The third-order valence-corrected chi connectivity index (χ3v) is 6.62. The lowest BCUT2D eigenvalue weighted by molar-refractivity contribution is -0.0371. The van der Waals surface area contributed by atoms with Crippen molar-refractivity contribution in [2.45, 2.75) is 44.4 Å². The standard InChI is InChI=1S/C22H28FN3O/c23-20-5-2-1-4-17(20)12-25-13-18-10-21(26-9-3-8-24-26)22(11-19(18)14-25)27-15-16-6-7-16/h1-5,8-9,16,18-19,21-22H,6-7,10-15H2/t18-,19+,21-,22-/m0/s1. The van der Waals surface area contributed by atoms with Crippen molar-refractivity contribution in [3.05, 3.63) is 54.1 Å². The topological polar surface area (TPSA) is 30.3 Å². The number of hydrogen-bond donors (Lipinski definition) is 0. The number of hydrogen-bond acceptors (Lipinski definition) is 3. The fourth-order valence-electron chi connectivity index (χ4n) is 4.96. The van der Waals surface area contributed by atoms with Crippen molar-refractivity contribution < 1.29 is 9.13 Å². The summed E-state index contributed by atoms with van der Waals surface area (Å²) in [6.07, 6.45) is 9.03. The average Bonchev–Trinajstić information content (AvgIpc) is 3.18. The monoisotopic (exact) mass is 369 g/mol. The molecular formula is C22H28FN3O. The third-order valence-electron chi connectivity index (χ3n) is 6.62. The molecule has 1 aromatic heterocycles. The molecule has 1 saturated heterocycles. The minimum absolute atomic E-state index is 0.0903. The van der Waals surface area contributed by atoms with E-state index in [9.17, 15) is 4.39 Å². The van der Waals surface area contributed by atoms with E-state index < -0.39 is 0 Å². The second-order valence-electron chi connectivity index (χ2n) is 8.65. The molecule has 1 aromatic carbocycles. The molecule has 0 spiro atoms. The van der Waals surface area contributed by atoms with E-state index in [1.165, 1.54) is 12.8 Å². The number of nitrogens with zero attached hydrogens (tertiary/aromatic N) is 3. The van der Waals surface area contributed by atoms with Crippen molar-refractivity contribution >= 4 is 0 Å². The van der Waals surface area contributed by atoms with E-state index in [-0.39, 0.29) is 11.9 Å². The van der Waals surface area contributed by atoms with Crippen molar-refractivity contribution in [1.29, 1.82) is 0 Å². The quantitative estimate of drug-likeness (QED) is 0.774. The van der Waals surface area contributed by atoms with Crippen LogP contribution in [0.3, 0.4) is 0 Å². The molecule has 3 fully saturated rings. The largest absolute Gasteiger partial charge is 0.376 e. The maximum atomic E-state index is 14.0. The van der Waals surface area contributed by atoms with Gasteiger partial charge in [-0.1, -0.05) is 18.2 Å². The van der Waals surface area contributed by atoms with Gasteiger partial charge >= 0.3 is 0 Å². The Kier molecular flexibility index (Phi) is 4.74. The normalized spacial score (nSPS) is 31.1. The van der Waals surface area contributed by atoms with E-state index in [0.717, 1.165) is 44.0 Å². The summed E-state index contributed by atoms with van der Waals surface area (Å²) in [5, 5.41) is 4.52. The van der Waals surface area contributed by atoms with Crippen LogP contribution in [0, 0.1) is 23.6 Å². The highest BCUT2D eigenvalue weighted by Crippen LogP contribution is 2.43. The first-order valence-corrected chi connectivity index (χ1v) is 10.3. The van der Waals surface area contributed by atoms with Gasteiger partial charge in [-0.15, -0.1) is 0 Å². The second kappa shape index (κ2) is 7.36. The fraction of sp³-hybridized carbons (Fsp3) is 0.591. The summed E-state index contributed by atoms with van der Waals surface area (Å²) in [5.41, 5.74) is 0.807. The number of fused-ring (bicyclic) bond motifs is 1. The molecule has 0 radical (unpaired) electrons. The second-order valence-corrected chi connectivity index (χ2v) is 8.65. The van der Waals surface area contributed by atoms with Crippen LogP contribution in [0.4, 0.5) is 4.39 Å². The van der Waals surface area contributed by atoms with Crippen LogP contribution < -0.4 is 0 Å². The summed E-state index contributed by atoms with van der Waals surface area (Å²) >= 11 is 0. The molecule has 2 saturated carbocycles. The van der Waals surface area contributed by atoms with Crippen LogP contribution in [0.2, 0.25) is 0 Å². The molecular weight excluding hydrogens is 341 g/mol. The predicted molar refractivity (Wildman–Crippen MR) is 102 cm³/mol. The molecule has 2 aliphatic carbocycles. The van der Waals surface area contributed by atoms with Gasteiger partial charge in [-0.2, -0.15) is 5.10 Å². The maximum Gasteiger partial charge on any atom is 0.127 e. The Balaban J connectivity index is 1.28. The van der Waals surface area contributed by atoms with Gasteiger partial charge in [-0.05, 0) is 55.6 Å². The number of benzene rings is 1. The Hall–Kier alpha value is -1.72. The van der Waals surface area contributed by atoms with Crippen LogP contribution in [0.5, 0.6) is 0 Å². The Bertz CT molecular complexity index is 761. The van der Waals surface area contributed by atoms with E-state index in [2.05, 4.69) is 20.9 Å². The van der Waals surface area contributed by atoms with E-state index in [4.69, 9.17) is 4.74 Å². The molecule has 5 heteroatoms. The number of halogens is 1. The van der Waals surface area contributed by atoms with Gasteiger partial charge in [0.15, 0.2) is 0 Å². The first kappa shape index (κ1) is 17.4. The van der Waals surface area contributed by atoms with E-state index in [1.807, 2.05) is 24.4 Å². The van der Waals surface area contributed by atoms with Crippen molar-refractivity contribution in [2.75, 3.05) is 19.7 Å². The molecule has 2 heterocycles. The zero-order valence-corrected chi connectivity index (χ0v) is 15.7. The number of rotatable bonds is 6. The molecule has 2 aromatic rings. The lowest BCUT2D eigenvalue weighted by Crippen LogP contribution is -2.38. The van der Waals surface area contributed by atoms with Gasteiger partial charge in [0, 0.05) is 44.2 Å². The van der Waals surface area contributed by atoms with Crippen molar-refractivity contribution in [2.24, 2.45) is 17.8 Å². The van der Waals surface area contributed by atoms with Gasteiger partial charge in [0.05, 0.1) is 12.1 Å². The van der Waals surface area contributed by atoms with Gasteiger partial charge in [0.1, 0.15) is 5.82 Å². The van der Waals surface area contributed by atoms with Crippen LogP contribution in [0.1, 0.15) is 37.3 Å². The lowest BCUT2D eigenvalue weighted by Gasteiger charge is -2.38. The summed E-state index contributed by atoms with van der Waals surface area (Å²) in [7, 11) is 0. The highest BCUT2D eigenvalue weighted by molar-refractivity contribution is 5.17. The molecule has 144 valence electrons. The number of aromatic nitrogens is 2. The van der Waals surface area contributed by atoms with Crippen LogP contribution in [0.25, 0.3) is 0 Å². The molecule has 1 aliphatic heterocycles. The van der Waals surface area contributed by atoms with Crippen LogP contribution >= 0.6 is 0 Å². The fourth-order valence-corrected chi connectivity index (χ4v) is 4.96. The number of likely N-dealkylation sites (tertiary alicyclic amines) is 1. The van der Waals surface area contributed by atoms with Crippen LogP contribution in [-0.4, -0.2) is 40.5 Å². The predicted octanol–water partition coefficient (Wildman–Crippen LogP) is 3.90. The molecule has 0 N–H and O–H groups in total. The summed E-state index contributed by atoms with van der Waals surface area (Å²) in [6, 6.07) is 9.49. The van der Waals surface area contributed by atoms with Crippen LogP contribution in [0.15, 0.2) is 42.7 Å². The average molecular weight is 369 g/mol. The van der Waals surface area contributed by atoms with Crippen molar-refractivity contribution in [1.82, 2.24) is 14.7 Å². The van der Waals surface area contributed by atoms with Gasteiger partial charge in [-0.25, -0.2) is 4.39 Å². The molecule has 27 heavy (non-hydrogen) atoms. The molecule has 3 aliphatic rings. The first-order chi connectivity index (χ1) is 13.3. The van der Waals surface area contributed by atoms with Crippen molar-refractivity contribution in [3.8, 4) is 0 Å². The molecule has 0 bridgehead atoms. The minimum atomic E-state index is -0.0903. The summed E-state index contributed by atoms with van der Waals surface area (Å²) < 4.78 is 22.5. The summed E-state index contributed by atoms with van der Waals surface area (Å²) in [4.78, 5) is 2.43. The third kappa shape index (κ3) is 3.81. The van der Waals surface area contributed by atoms with Gasteiger partial charge in [-0.3, -0.25) is 9.58 Å². The maximum absolute atomic E-state index is 14.0. The zero-order valence-electron chi connectivity index (χ0n) is 15.7. The Morgan fingerprint density at radius 3 is 2.63 bits per heavy atom. The zero-order chi connectivity index (χ0) is 18.2. The Morgan fingerprint density at radius 1 is 1.07 bits per heavy atom. The Morgan fingerprint density at radius 2 is 1.89 bits per heavy atom. The molecule has 0 unspecified atom stereocenters. The smallest absolute Gasteiger partial charge is 0.127 e. The van der Waals surface area contributed by atoms with E-state index in [1.54, 1.807) is 12.1 Å². The lowest BCUT2D eigenvalue weighted by atomic mass is 9.77. The van der Waals surface area contributed by atoms with E-state index in [0.29, 0.717) is 24.4 Å².